The smallest absolute Gasteiger partial charge is 0.387 e. The van der Waals surface area contributed by atoms with Crippen LogP contribution in [0, 0.1) is 5.41 Å². The lowest BCUT2D eigenvalue weighted by Gasteiger charge is -2.42. The van der Waals surface area contributed by atoms with Crippen molar-refractivity contribution in [2.24, 2.45) is 11.1 Å². The first-order chi connectivity index (χ1) is 21.4. The number of benzene rings is 2. The van der Waals surface area contributed by atoms with E-state index in [0.29, 0.717) is 35.6 Å². The molecule has 6 N–H and O–H groups in total. The predicted octanol–water partition coefficient (Wildman–Crippen LogP) is 5.57. The Kier molecular flexibility index (Phi) is 11.4. The van der Waals surface area contributed by atoms with Crippen LogP contribution in [0.2, 0.25) is 0 Å². The maximum atomic E-state index is 12.8. The van der Waals surface area contributed by atoms with E-state index in [-0.39, 0.29) is 11.8 Å². The van der Waals surface area contributed by atoms with Crippen molar-refractivity contribution in [1.82, 2.24) is 15.6 Å². The molecule has 0 spiro atoms. The van der Waals surface area contributed by atoms with Gasteiger partial charge in [0.1, 0.15) is 0 Å². The van der Waals surface area contributed by atoms with Gasteiger partial charge in [0.2, 0.25) is 5.91 Å². The minimum atomic E-state index is -1.91. The summed E-state index contributed by atoms with van der Waals surface area (Å²) in [6, 6.07) is 14.8. The summed E-state index contributed by atoms with van der Waals surface area (Å²) < 4.78 is 11.1. The van der Waals surface area contributed by atoms with Gasteiger partial charge in [-0.15, -0.1) is 11.3 Å². The van der Waals surface area contributed by atoms with Crippen LogP contribution in [0.3, 0.4) is 0 Å². The molecule has 248 valence electrons. The number of nitrogens with two attached hydrogens (primary N) is 1. The highest BCUT2D eigenvalue weighted by molar-refractivity contribution is 7.15. The molecule has 1 heterocycles. The summed E-state index contributed by atoms with van der Waals surface area (Å²) in [4.78, 5) is 54.1. The molecule has 2 aromatic carbocycles. The third kappa shape index (κ3) is 10.2. The van der Waals surface area contributed by atoms with E-state index in [1.165, 1.54) is 18.3 Å². The number of aromatic nitrogens is 1. The second kappa shape index (κ2) is 14.6. The van der Waals surface area contributed by atoms with E-state index in [2.05, 4.69) is 26.3 Å². The molecule has 12 nitrogen and oxygen atoms in total. The normalized spacial score (nSPS) is 12.8. The number of ether oxygens (including phenoxy) is 2. The lowest BCUT2D eigenvalue weighted by molar-refractivity contribution is -0.202. The van der Waals surface area contributed by atoms with E-state index >= 15 is 0 Å². The Hall–Kier alpha value is -4.65. The second-order valence-electron chi connectivity index (χ2n) is 12.9. The molecule has 0 saturated heterocycles. The highest BCUT2D eigenvalue weighted by atomic mass is 32.1. The largest absolute Gasteiger partial charge is 0.412 e. The van der Waals surface area contributed by atoms with E-state index in [9.17, 15) is 19.2 Å². The van der Waals surface area contributed by atoms with Crippen molar-refractivity contribution in [3.8, 4) is 0 Å². The van der Waals surface area contributed by atoms with Gasteiger partial charge in [0, 0.05) is 42.1 Å². The topological polar surface area (TPSA) is 174 Å². The van der Waals surface area contributed by atoms with Crippen molar-refractivity contribution in [2.75, 3.05) is 17.7 Å². The lowest BCUT2D eigenvalue weighted by atomic mass is 9.90. The number of aryl methyl sites for hydroxylation is 2. The Labute approximate surface area is 273 Å². The molecule has 4 amide bonds. The van der Waals surface area contributed by atoms with Crippen LogP contribution >= 0.6 is 11.3 Å². The standard InChI is InChI=1S/C33H44N6O6S/c1-20(40)36-29-37-25(26(46-29)19-22-9-14-23(15-10-22)27(41)35-8)18-13-21-11-16-24(17-12-21)38-33(31(2,3)4,44-28(34)42)45-30(43)39-32(5,6)7/h9-12,14-17,38H,13,18-19H2,1-8H3,(H2,34,42)(H,35,41)(H,39,43)(H,36,37,40). The quantitative estimate of drug-likeness (QED) is 0.167. The zero-order valence-corrected chi connectivity index (χ0v) is 28.4. The Morgan fingerprint density at radius 2 is 1.48 bits per heavy atom. The zero-order valence-electron chi connectivity index (χ0n) is 27.6. The molecule has 1 unspecified atom stereocenters. The summed E-state index contributed by atoms with van der Waals surface area (Å²) in [5, 5.41) is 11.7. The number of carbonyl (C=O) groups excluding carboxylic acids is 4. The van der Waals surface area contributed by atoms with Crippen molar-refractivity contribution in [3.05, 3.63) is 75.8 Å². The van der Waals surface area contributed by atoms with Crippen molar-refractivity contribution >= 4 is 46.2 Å². The van der Waals surface area contributed by atoms with Gasteiger partial charge in [-0.05, 0) is 69.0 Å². The van der Waals surface area contributed by atoms with Gasteiger partial charge in [-0.3, -0.25) is 9.59 Å². The van der Waals surface area contributed by atoms with Crippen molar-refractivity contribution in [3.63, 3.8) is 0 Å². The number of nitrogens with zero attached hydrogens (tertiary/aromatic N) is 1. The van der Waals surface area contributed by atoms with Gasteiger partial charge in [0.25, 0.3) is 5.91 Å². The van der Waals surface area contributed by atoms with E-state index in [4.69, 9.17) is 15.2 Å². The summed E-state index contributed by atoms with van der Waals surface area (Å²) in [6.45, 7) is 12.1. The summed E-state index contributed by atoms with van der Waals surface area (Å²) in [5.74, 6) is -2.26. The Bertz CT molecular complexity index is 1540. The molecule has 0 fully saturated rings. The highest BCUT2D eigenvalue weighted by Crippen LogP contribution is 2.37. The molecule has 0 saturated carbocycles. The predicted molar refractivity (Wildman–Crippen MR) is 179 cm³/mol. The van der Waals surface area contributed by atoms with Crippen molar-refractivity contribution in [1.29, 1.82) is 0 Å². The number of primary amides is 1. The van der Waals surface area contributed by atoms with E-state index < -0.39 is 29.1 Å². The molecule has 13 heteroatoms. The molecule has 0 aliphatic carbocycles. The summed E-state index contributed by atoms with van der Waals surface area (Å²) in [6.07, 6.45) is -0.0307. The molecule has 46 heavy (non-hydrogen) atoms. The molecule has 3 aromatic rings. The number of nitrogens with one attached hydrogen (secondary N) is 4. The van der Waals surface area contributed by atoms with Crippen molar-refractivity contribution in [2.45, 2.75) is 79.2 Å². The van der Waals surface area contributed by atoms with Gasteiger partial charge in [-0.2, -0.15) is 0 Å². The van der Waals surface area contributed by atoms with Gasteiger partial charge < -0.3 is 36.5 Å². The zero-order chi connectivity index (χ0) is 34.3. The number of anilines is 2. The molecule has 0 radical (unpaired) electrons. The fraction of sp³-hybridized carbons (Fsp3) is 0.424. The van der Waals surface area contributed by atoms with Crippen LogP contribution in [-0.4, -0.2) is 47.5 Å². The first-order valence-corrected chi connectivity index (χ1v) is 15.7. The molecule has 0 aliphatic heterocycles. The molecule has 3 rings (SSSR count). The minimum absolute atomic E-state index is 0.151. The van der Waals surface area contributed by atoms with Gasteiger partial charge >= 0.3 is 18.1 Å². The maximum absolute atomic E-state index is 12.8. The van der Waals surface area contributed by atoms with Crippen molar-refractivity contribution < 1.29 is 28.7 Å². The van der Waals surface area contributed by atoms with Gasteiger partial charge in [0.05, 0.1) is 11.1 Å². The Morgan fingerprint density at radius 1 is 0.870 bits per heavy atom. The third-order valence-corrected chi connectivity index (χ3v) is 7.74. The molecular formula is C33H44N6O6S. The molecule has 1 atom stereocenters. The van der Waals surface area contributed by atoms with Crippen LogP contribution in [0.1, 0.15) is 80.5 Å². The van der Waals surface area contributed by atoms with Crippen LogP contribution in [-0.2, 0) is 33.5 Å². The molecule has 0 bridgehead atoms. The number of hydrogen-bond donors (Lipinski definition) is 5. The van der Waals surface area contributed by atoms with E-state index in [0.717, 1.165) is 21.7 Å². The van der Waals surface area contributed by atoms with Crippen LogP contribution < -0.4 is 27.0 Å². The Balaban J connectivity index is 1.79. The van der Waals surface area contributed by atoms with Crippen LogP contribution in [0.15, 0.2) is 48.5 Å². The summed E-state index contributed by atoms with van der Waals surface area (Å²) in [5.41, 5.74) is 7.89. The van der Waals surface area contributed by atoms with E-state index in [1.54, 1.807) is 72.9 Å². The third-order valence-electron chi connectivity index (χ3n) is 6.73. The monoisotopic (exact) mass is 652 g/mol. The lowest BCUT2D eigenvalue weighted by Crippen LogP contribution is -2.59. The number of carbonyl (C=O) groups is 4. The minimum Gasteiger partial charge on any atom is -0.387 e. The first-order valence-electron chi connectivity index (χ1n) is 14.8. The van der Waals surface area contributed by atoms with E-state index in [1.807, 2.05) is 24.3 Å². The fourth-order valence-corrected chi connectivity index (χ4v) is 5.49. The molecular weight excluding hydrogens is 608 g/mol. The average Bonchev–Trinajstić information content (AvgIpc) is 3.30. The number of hydrogen-bond acceptors (Lipinski definition) is 9. The second-order valence-corrected chi connectivity index (χ2v) is 14.0. The fourth-order valence-electron chi connectivity index (χ4n) is 4.40. The number of alkyl carbamates (subject to hydrolysis) is 1. The maximum Gasteiger partial charge on any atom is 0.412 e. The average molecular weight is 653 g/mol. The number of amides is 4. The SMILES string of the molecule is CNC(=O)c1ccc(Cc2sc(NC(C)=O)nc2CCc2ccc(NC(OC(N)=O)(OC(=O)NC(C)(C)C)C(C)(C)C)cc2)cc1. The molecule has 0 aliphatic rings. The van der Waals surface area contributed by atoms with Crippen LogP contribution in [0.4, 0.5) is 20.4 Å². The van der Waals surface area contributed by atoms with Gasteiger partial charge in [-0.1, -0.05) is 45.0 Å². The summed E-state index contributed by atoms with van der Waals surface area (Å²) >= 11 is 1.43. The summed E-state index contributed by atoms with van der Waals surface area (Å²) in [7, 11) is 1.59. The first kappa shape index (κ1) is 35.8. The van der Waals surface area contributed by atoms with Crippen LogP contribution in [0.25, 0.3) is 0 Å². The number of thiazole rings is 1. The Morgan fingerprint density at radius 3 is 2.00 bits per heavy atom. The molecule has 1 aromatic heterocycles. The highest BCUT2D eigenvalue weighted by Gasteiger charge is 2.50. The van der Waals surface area contributed by atoms with Crippen LogP contribution in [0.5, 0.6) is 0 Å². The van der Waals surface area contributed by atoms with Gasteiger partial charge in [-0.25, -0.2) is 14.6 Å². The number of rotatable bonds is 11. The van der Waals surface area contributed by atoms with Gasteiger partial charge in [0.15, 0.2) is 5.13 Å².